The van der Waals surface area contributed by atoms with Gasteiger partial charge in [0.05, 0.1) is 12.7 Å². The van der Waals surface area contributed by atoms with Crippen LogP contribution in [0.4, 0.5) is 32.0 Å². The van der Waals surface area contributed by atoms with Gasteiger partial charge in [-0.1, -0.05) is 6.07 Å². The molecule has 1 aromatic heterocycles. The predicted molar refractivity (Wildman–Crippen MR) is 116 cm³/mol. The Balaban J connectivity index is 2.62. The van der Waals surface area contributed by atoms with E-state index in [0.29, 0.717) is 12.1 Å². The molecule has 2 rings (SSSR count). The first kappa shape index (κ1) is 27.5. The number of amides is 1. The van der Waals surface area contributed by atoms with Crippen LogP contribution in [0.25, 0.3) is 0 Å². The van der Waals surface area contributed by atoms with E-state index in [-0.39, 0.29) is 17.2 Å². The quantitative estimate of drug-likeness (QED) is 0.269. The smallest absolute Gasteiger partial charge is 0.458 e. The maximum atomic E-state index is 14.0. The lowest BCUT2D eigenvalue weighted by Crippen LogP contribution is -2.33. The third-order valence-electron chi connectivity index (χ3n) is 4.48. The van der Waals surface area contributed by atoms with Crippen molar-refractivity contribution >= 4 is 11.6 Å². The molecular weight excluding hydrogens is 482 g/mol. The van der Waals surface area contributed by atoms with Gasteiger partial charge in [0.2, 0.25) is 5.56 Å². The number of H-pyrrole nitrogens is 1. The maximum absolute atomic E-state index is 14.0. The number of aromatic nitrogens is 1. The van der Waals surface area contributed by atoms with Gasteiger partial charge in [-0.25, -0.2) is 4.39 Å². The molecule has 0 radical (unpaired) electrons. The number of carbonyl (C=O) groups is 1. The minimum absolute atomic E-state index is 0.0134. The fourth-order valence-corrected chi connectivity index (χ4v) is 2.59. The molecule has 0 bridgehead atoms. The number of pyridine rings is 1. The van der Waals surface area contributed by atoms with E-state index < -0.39 is 46.1 Å². The number of halogens is 6. The van der Waals surface area contributed by atoms with Crippen LogP contribution in [0.2, 0.25) is 0 Å². The Hall–Kier alpha value is -3.70. The highest BCUT2D eigenvalue weighted by atomic mass is 19.4. The van der Waals surface area contributed by atoms with E-state index in [1.165, 1.54) is 40.1 Å². The molecule has 0 atom stereocenters. The van der Waals surface area contributed by atoms with Crippen molar-refractivity contribution < 1.29 is 40.6 Å². The molecule has 0 saturated heterocycles. The predicted octanol–water partition coefficient (Wildman–Crippen LogP) is 5.84. The fourth-order valence-electron chi connectivity index (χ4n) is 2.59. The fraction of sp³-hybridized carbons (Fsp3) is 0.304. The van der Waals surface area contributed by atoms with E-state index in [4.69, 9.17) is 9.47 Å². The first-order chi connectivity index (χ1) is 16.0. The lowest BCUT2D eigenvalue weighted by Gasteiger charge is -2.22. The van der Waals surface area contributed by atoms with E-state index in [1.54, 1.807) is 0 Å². The van der Waals surface area contributed by atoms with Crippen LogP contribution in [0.1, 0.15) is 36.7 Å². The van der Waals surface area contributed by atoms with Gasteiger partial charge in [0.1, 0.15) is 17.2 Å². The number of benzene rings is 1. The molecule has 0 fully saturated rings. The van der Waals surface area contributed by atoms with Crippen molar-refractivity contribution in [3.05, 3.63) is 81.7 Å². The molecule has 2 aromatic rings. The van der Waals surface area contributed by atoms with E-state index in [1.807, 2.05) is 0 Å². The second-order valence-corrected chi connectivity index (χ2v) is 7.80. The Morgan fingerprint density at radius 1 is 1.06 bits per heavy atom. The van der Waals surface area contributed by atoms with Gasteiger partial charge < -0.3 is 19.8 Å². The van der Waals surface area contributed by atoms with Crippen molar-refractivity contribution in [3.63, 3.8) is 0 Å². The highest BCUT2D eigenvalue weighted by Gasteiger charge is 2.58. The molecule has 190 valence electrons. The molecule has 0 saturated carbocycles. The number of anilines is 1. The molecule has 0 unspecified atom stereocenters. The van der Waals surface area contributed by atoms with Crippen LogP contribution < -0.4 is 15.6 Å². The summed E-state index contributed by atoms with van der Waals surface area (Å²) in [5.74, 6) is -7.17. The van der Waals surface area contributed by atoms with Crippen LogP contribution in [0.3, 0.4) is 0 Å². The van der Waals surface area contributed by atoms with Crippen LogP contribution in [0.5, 0.6) is 5.75 Å². The van der Waals surface area contributed by atoms with Gasteiger partial charge in [-0.15, -0.1) is 0 Å². The molecule has 6 nitrogen and oxygen atoms in total. The molecule has 12 heteroatoms. The number of alkyl halides is 6. The van der Waals surface area contributed by atoms with Gasteiger partial charge in [-0.3, -0.25) is 9.59 Å². The van der Waals surface area contributed by atoms with E-state index in [9.17, 15) is 35.9 Å². The van der Waals surface area contributed by atoms with Gasteiger partial charge in [0, 0.05) is 23.5 Å². The molecule has 0 spiro atoms. The van der Waals surface area contributed by atoms with Crippen molar-refractivity contribution in [2.24, 2.45) is 0 Å². The second-order valence-electron chi connectivity index (χ2n) is 7.80. The zero-order valence-corrected chi connectivity index (χ0v) is 19.0. The van der Waals surface area contributed by atoms with Crippen molar-refractivity contribution in [1.29, 1.82) is 0 Å². The molecule has 2 N–H and O–H groups in total. The zero-order chi connectivity index (χ0) is 26.6. The molecule has 35 heavy (non-hydrogen) atoms. The Morgan fingerprint density at radius 2 is 1.71 bits per heavy atom. The summed E-state index contributed by atoms with van der Waals surface area (Å²) in [5.41, 5.74) is -4.30. The lowest BCUT2D eigenvalue weighted by atomic mass is 10.0. The third-order valence-corrected chi connectivity index (χ3v) is 4.48. The number of hydrogen-bond donors (Lipinski definition) is 2. The van der Waals surface area contributed by atoms with Crippen molar-refractivity contribution in [1.82, 2.24) is 4.98 Å². The number of hydrogen-bond acceptors (Lipinski definition) is 4. The summed E-state index contributed by atoms with van der Waals surface area (Å²) in [6.07, 6.45) is -2.56. The van der Waals surface area contributed by atoms with Crippen LogP contribution in [-0.2, 0) is 10.7 Å². The summed E-state index contributed by atoms with van der Waals surface area (Å²) in [4.78, 5) is 26.6. The first-order valence-electron chi connectivity index (χ1n) is 9.95. The summed E-state index contributed by atoms with van der Waals surface area (Å²) in [5, 5.41) is 2.33. The van der Waals surface area contributed by atoms with Gasteiger partial charge in [0.15, 0.2) is 5.76 Å². The number of nitrogens with one attached hydrogen (secondary N) is 2. The average molecular weight is 504 g/mol. The molecule has 1 amide bonds. The van der Waals surface area contributed by atoms with E-state index in [0.717, 1.165) is 24.3 Å². The van der Waals surface area contributed by atoms with Gasteiger partial charge >= 0.3 is 12.1 Å². The highest BCUT2D eigenvalue weighted by Crippen LogP contribution is 2.45. The minimum Gasteiger partial charge on any atom is -0.498 e. The Labute approximate surface area is 196 Å². The van der Waals surface area contributed by atoms with Crippen molar-refractivity contribution in [2.45, 2.75) is 38.5 Å². The Kier molecular flexibility index (Phi) is 8.09. The van der Waals surface area contributed by atoms with Crippen LogP contribution in [-0.4, -0.2) is 29.8 Å². The number of allylic oxidation sites excluding steroid dienone is 3. The van der Waals surface area contributed by atoms with E-state index in [2.05, 4.69) is 10.3 Å². The molecule has 1 heterocycles. The summed E-state index contributed by atoms with van der Waals surface area (Å²) < 4.78 is 91.4. The van der Waals surface area contributed by atoms with Gasteiger partial charge in [-0.05, 0) is 51.1 Å². The maximum Gasteiger partial charge on any atom is 0.458 e. The van der Waals surface area contributed by atoms with Crippen molar-refractivity contribution in [3.8, 4) is 5.75 Å². The third kappa shape index (κ3) is 7.14. The highest BCUT2D eigenvalue weighted by molar-refractivity contribution is 6.06. The average Bonchev–Trinajstić information content (AvgIpc) is 2.74. The van der Waals surface area contributed by atoms with Crippen molar-refractivity contribution in [2.75, 3.05) is 12.4 Å². The molecular formula is C23H22F6N2O4. The molecule has 1 aromatic carbocycles. The Bertz CT molecular complexity index is 1190. The number of aromatic amines is 1. The number of ether oxygens (including phenoxy) is 2. The summed E-state index contributed by atoms with van der Waals surface area (Å²) >= 11 is 0. The van der Waals surface area contributed by atoms with E-state index >= 15 is 0 Å². The van der Waals surface area contributed by atoms with Crippen LogP contribution in [0.15, 0.2) is 65.0 Å². The Morgan fingerprint density at radius 3 is 2.26 bits per heavy atom. The largest absolute Gasteiger partial charge is 0.498 e. The van der Waals surface area contributed by atoms with Crippen LogP contribution >= 0.6 is 0 Å². The van der Waals surface area contributed by atoms with Crippen LogP contribution in [0, 0.1) is 0 Å². The molecule has 0 aliphatic rings. The SMILES string of the molecule is CO/C(C)=C(/C=C\C(C)(C)F)Oc1cc(C(F)(F)C(F)(F)F)ccc1C(=O)Nc1cc[nH]c(=O)c1. The van der Waals surface area contributed by atoms with Gasteiger partial charge in [0.25, 0.3) is 5.91 Å². The lowest BCUT2D eigenvalue weighted by molar-refractivity contribution is -0.289. The number of carbonyl (C=O) groups excluding carboxylic acids is 1. The summed E-state index contributed by atoms with van der Waals surface area (Å²) in [6.45, 7) is 3.78. The normalized spacial score (nSPS) is 13.4. The first-order valence-corrected chi connectivity index (χ1v) is 9.95. The standard InChI is InChI=1S/C23H22F6N2O4/c1-13(34-4)17(7-9-21(2,3)24)35-18-11-14(22(25,26)23(27,28)29)5-6-16(18)20(33)31-15-8-10-30-19(32)12-15/h5-12H,1-4H3,(H2,30,31,32,33)/b9-7-,17-13-. The van der Waals surface area contributed by atoms with Gasteiger partial charge in [-0.2, -0.15) is 22.0 Å². The summed E-state index contributed by atoms with van der Waals surface area (Å²) in [7, 11) is 1.22. The second kappa shape index (κ2) is 10.3. The topological polar surface area (TPSA) is 80.4 Å². The number of rotatable bonds is 8. The molecule has 0 aliphatic carbocycles. The monoisotopic (exact) mass is 504 g/mol. The zero-order valence-electron chi connectivity index (χ0n) is 19.0. The molecule has 0 aliphatic heterocycles. The number of methoxy groups -OCH3 is 1. The minimum atomic E-state index is -5.92. The summed E-state index contributed by atoms with van der Waals surface area (Å²) in [6, 6.07) is 3.85.